The first-order chi connectivity index (χ1) is 15.1. The van der Waals surface area contributed by atoms with E-state index in [0.29, 0.717) is 23.6 Å². The third kappa shape index (κ3) is 3.64. The summed E-state index contributed by atoms with van der Waals surface area (Å²) in [6.45, 7) is 2.57. The van der Waals surface area contributed by atoms with Crippen molar-refractivity contribution in [3.05, 3.63) is 60.2 Å². The van der Waals surface area contributed by atoms with E-state index in [1.165, 1.54) is 0 Å². The van der Waals surface area contributed by atoms with Crippen molar-refractivity contribution < 1.29 is 23.4 Å². The summed E-state index contributed by atoms with van der Waals surface area (Å²) in [6.07, 6.45) is 0. The number of ether oxygens (including phenoxy) is 3. The van der Waals surface area contributed by atoms with Gasteiger partial charge in [0, 0.05) is 23.4 Å². The highest BCUT2D eigenvalue weighted by molar-refractivity contribution is 6.08. The lowest BCUT2D eigenvalue weighted by Gasteiger charge is -2.16. The Bertz CT molecular complexity index is 1280. The Morgan fingerprint density at radius 3 is 2.74 bits per heavy atom. The van der Waals surface area contributed by atoms with Crippen LogP contribution in [0.25, 0.3) is 21.9 Å². The van der Waals surface area contributed by atoms with E-state index in [-0.39, 0.29) is 12.7 Å². The van der Waals surface area contributed by atoms with Gasteiger partial charge in [0.1, 0.15) is 16.9 Å². The van der Waals surface area contributed by atoms with Crippen molar-refractivity contribution in [1.29, 1.82) is 0 Å². The number of nitrogens with one attached hydrogen (secondary N) is 2. The molecule has 0 unspecified atom stereocenters. The van der Waals surface area contributed by atoms with Crippen LogP contribution in [-0.4, -0.2) is 25.9 Å². The molecule has 0 fully saturated rings. The van der Waals surface area contributed by atoms with Gasteiger partial charge >= 0.3 is 0 Å². The first-order valence-electron chi connectivity index (χ1n) is 10.0. The average molecular weight is 418 g/mol. The molecule has 7 nitrogen and oxygen atoms in total. The molecule has 0 spiro atoms. The molecule has 0 saturated carbocycles. The number of amides is 1. The standard InChI is InChI=1S/C24H22N2O5/c1-14(25-12-15-7-8-20-23(9-15)30-13-29-20)24(27)26-18-11-21-17(10-22(18)28-2)16-5-3-4-6-19(16)31-21/h3-11,14,25H,12-13H2,1-2H3,(H,26,27)/t14-/m1/s1. The van der Waals surface area contributed by atoms with Crippen LogP contribution in [0.15, 0.2) is 59.0 Å². The second-order valence-electron chi connectivity index (χ2n) is 7.43. The topological polar surface area (TPSA) is 82.0 Å². The van der Waals surface area contributed by atoms with Gasteiger partial charge in [0.25, 0.3) is 0 Å². The van der Waals surface area contributed by atoms with Gasteiger partial charge in [-0.25, -0.2) is 0 Å². The Labute approximate surface area is 178 Å². The van der Waals surface area contributed by atoms with E-state index in [2.05, 4.69) is 10.6 Å². The summed E-state index contributed by atoms with van der Waals surface area (Å²) in [5, 5.41) is 8.13. The zero-order valence-electron chi connectivity index (χ0n) is 17.2. The van der Waals surface area contributed by atoms with Gasteiger partial charge in [-0.1, -0.05) is 24.3 Å². The molecule has 1 aliphatic heterocycles. The van der Waals surface area contributed by atoms with Crippen molar-refractivity contribution in [2.24, 2.45) is 0 Å². The second-order valence-corrected chi connectivity index (χ2v) is 7.43. The van der Waals surface area contributed by atoms with Gasteiger partial charge in [-0.2, -0.15) is 0 Å². The van der Waals surface area contributed by atoms with Crippen molar-refractivity contribution in [3.8, 4) is 17.2 Å². The van der Waals surface area contributed by atoms with Crippen LogP contribution in [0.4, 0.5) is 5.69 Å². The van der Waals surface area contributed by atoms with Gasteiger partial charge in [0.2, 0.25) is 12.7 Å². The van der Waals surface area contributed by atoms with E-state index in [1.807, 2.05) is 55.5 Å². The van der Waals surface area contributed by atoms with Crippen LogP contribution >= 0.6 is 0 Å². The van der Waals surface area contributed by atoms with E-state index in [0.717, 1.165) is 33.4 Å². The third-order valence-corrected chi connectivity index (χ3v) is 5.40. The third-order valence-electron chi connectivity index (χ3n) is 5.40. The zero-order valence-corrected chi connectivity index (χ0v) is 17.2. The molecule has 158 valence electrons. The van der Waals surface area contributed by atoms with Crippen LogP contribution in [0, 0.1) is 0 Å². The van der Waals surface area contributed by atoms with Gasteiger partial charge in [-0.3, -0.25) is 4.79 Å². The Morgan fingerprint density at radius 2 is 1.87 bits per heavy atom. The smallest absolute Gasteiger partial charge is 0.241 e. The molecule has 31 heavy (non-hydrogen) atoms. The normalized spacial score (nSPS) is 13.5. The lowest BCUT2D eigenvalue weighted by atomic mass is 10.1. The summed E-state index contributed by atoms with van der Waals surface area (Å²) >= 11 is 0. The van der Waals surface area contributed by atoms with Gasteiger partial charge in [-0.05, 0) is 36.8 Å². The minimum Gasteiger partial charge on any atom is -0.495 e. The molecule has 0 bridgehead atoms. The Kier molecular flexibility index (Phi) is 4.88. The first-order valence-corrected chi connectivity index (χ1v) is 10.0. The molecule has 1 atom stereocenters. The number of fused-ring (bicyclic) bond motifs is 4. The Balaban J connectivity index is 1.31. The van der Waals surface area contributed by atoms with Gasteiger partial charge in [-0.15, -0.1) is 0 Å². The number of para-hydroxylation sites is 1. The number of hydrogen-bond acceptors (Lipinski definition) is 6. The summed E-state index contributed by atoms with van der Waals surface area (Å²) in [6, 6.07) is 16.8. The van der Waals surface area contributed by atoms with Crippen LogP contribution in [0.5, 0.6) is 17.2 Å². The highest BCUT2D eigenvalue weighted by Gasteiger charge is 2.18. The minimum atomic E-state index is -0.429. The maximum atomic E-state index is 12.8. The highest BCUT2D eigenvalue weighted by atomic mass is 16.7. The minimum absolute atomic E-state index is 0.172. The molecular weight excluding hydrogens is 396 g/mol. The maximum absolute atomic E-state index is 12.8. The molecule has 1 aliphatic rings. The van der Waals surface area contributed by atoms with Gasteiger partial charge in [0.05, 0.1) is 18.8 Å². The molecule has 2 heterocycles. The number of furan rings is 1. The fourth-order valence-electron chi connectivity index (χ4n) is 3.67. The molecule has 1 amide bonds. The lowest BCUT2D eigenvalue weighted by molar-refractivity contribution is -0.117. The SMILES string of the molecule is COc1cc2c(cc1NC(=O)[C@@H](C)NCc1ccc3c(c1)OCO3)oc1ccccc12. The number of hydrogen-bond donors (Lipinski definition) is 2. The molecule has 4 aromatic rings. The van der Waals surface area contributed by atoms with Crippen LogP contribution < -0.4 is 24.8 Å². The molecule has 0 radical (unpaired) electrons. The monoisotopic (exact) mass is 418 g/mol. The average Bonchev–Trinajstić information content (AvgIpc) is 3.40. The number of rotatable bonds is 6. The molecule has 0 saturated heterocycles. The van der Waals surface area contributed by atoms with E-state index < -0.39 is 6.04 Å². The molecule has 7 heteroatoms. The van der Waals surface area contributed by atoms with Crippen molar-refractivity contribution in [3.63, 3.8) is 0 Å². The predicted octanol–water partition coefficient (Wildman–Crippen LogP) is 4.44. The predicted molar refractivity (Wildman–Crippen MR) is 118 cm³/mol. The number of carbonyl (C=O) groups is 1. The Morgan fingerprint density at radius 1 is 1.03 bits per heavy atom. The summed E-state index contributed by atoms with van der Waals surface area (Å²) in [5.74, 6) is 1.87. The van der Waals surface area contributed by atoms with E-state index >= 15 is 0 Å². The fraction of sp³-hybridized carbons (Fsp3) is 0.208. The summed E-state index contributed by atoms with van der Waals surface area (Å²) in [7, 11) is 1.58. The van der Waals surface area contributed by atoms with Crippen LogP contribution in [0.3, 0.4) is 0 Å². The lowest BCUT2D eigenvalue weighted by Crippen LogP contribution is -2.37. The van der Waals surface area contributed by atoms with Crippen molar-refractivity contribution in [2.75, 3.05) is 19.2 Å². The number of anilines is 1. The molecule has 2 N–H and O–H groups in total. The van der Waals surface area contributed by atoms with E-state index in [1.54, 1.807) is 13.2 Å². The molecule has 0 aliphatic carbocycles. The second kappa shape index (κ2) is 7.85. The number of carbonyl (C=O) groups excluding carboxylic acids is 1. The van der Waals surface area contributed by atoms with Crippen LogP contribution in [0.1, 0.15) is 12.5 Å². The van der Waals surface area contributed by atoms with Crippen LogP contribution in [-0.2, 0) is 11.3 Å². The maximum Gasteiger partial charge on any atom is 0.241 e. The molecule has 1 aromatic heterocycles. The molecular formula is C24H22N2O5. The number of methoxy groups -OCH3 is 1. The summed E-state index contributed by atoms with van der Waals surface area (Å²) in [5.41, 5.74) is 3.06. The van der Waals surface area contributed by atoms with E-state index in [9.17, 15) is 4.79 Å². The number of benzene rings is 3. The van der Waals surface area contributed by atoms with Crippen molar-refractivity contribution in [1.82, 2.24) is 5.32 Å². The van der Waals surface area contributed by atoms with Crippen molar-refractivity contribution in [2.45, 2.75) is 19.5 Å². The highest BCUT2D eigenvalue weighted by Crippen LogP contribution is 2.36. The van der Waals surface area contributed by atoms with E-state index in [4.69, 9.17) is 18.6 Å². The quantitative estimate of drug-likeness (QED) is 0.482. The first kappa shape index (κ1) is 19.3. The van der Waals surface area contributed by atoms with Crippen molar-refractivity contribution >= 4 is 33.5 Å². The molecule has 3 aromatic carbocycles. The summed E-state index contributed by atoms with van der Waals surface area (Å²) < 4.78 is 22.2. The Hall–Kier alpha value is -3.71. The fourth-order valence-corrected chi connectivity index (χ4v) is 3.67. The van der Waals surface area contributed by atoms with Gasteiger partial charge < -0.3 is 29.3 Å². The summed E-state index contributed by atoms with van der Waals surface area (Å²) in [4.78, 5) is 12.8. The van der Waals surface area contributed by atoms with Crippen LogP contribution in [0.2, 0.25) is 0 Å². The zero-order chi connectivity index (χ0) is 21.4. The molecule has 5 rings (SSSR count). The largest absolute Gasteiger partial charge is 0.495 e. The van der Waals surface area contributed by atoms with Gasteiger partial charge in [0.15, 0.2) is 11.5 Å².